The normalized spacial score (nSPS) is 14.3. The van der Waals surface area contributed by atoms with E-state index >= 15 is 0 Å². The Morgan fingerprint density at radius 3 is 3.00 bits per heavy atom. The van der Waals surface area contributed by atoms with Crippen molar-refractivity contribution < 1.29 is 4.79 Å². The lowest BCUT2D eigenvalue weighted by molar-refractivity contribution is -0.113. The molecule has 0 fully saturated rings. The van der Waals surface area contributed by atoms with Gasteiger partial charge in [-0.05, 0) is 18.2 Å². The number of benzene rings is 1. The van der Waals surface area contributed by atoms with Crippen LogP contribution >= 0.6 is 11.8 Å². The van der Waals surface area contributed by atoms with Gasteiger partial charge < -0.3 is 16.0 Å². The Kier molecular flexibility index (Phi) is 4.49. The Labute approximate surface area is 112 Å². The first kappa shape index (κ1) is 13.2. The van der Waals surface area contributed by atoms with Crippen LogP contribution in [-0.4, -0.2) is 30.8 Å². The fraction of sp³-hybridized carbons (Fsp3) is 0.462. The van der Waals surface area contributed by atoms with Crippen molar-refractivity contribution in [3.8, 4) is 0 Å². The molecule has 1 aromatic rings. The molecule has 4 nitrogen and oxygen atoms in total. The summed E-state index contributed by atoms with van der Waals surface area (Å²) in [5.41, 5.74) is 1.96. The molecule has 1 aromatic carbocycles. The summed E-state index contributed by atoms with van der Waals surface area (Å²) in [6, 6.07) is 6.61. The predicted octanol–water partition coefficient (Wildman–Crippen LogP) is 2.14. The van der Waals surface area contributed by atoms with Gasteiger partial charge in [0.25, 0.3) is 0 Å². The van der Waals surface area contributed by atoms with Gasteiger partial charge in [0.1, 0.15) is 0 Å². The molecule has 2 rings (SSSR count). The maximum Gasteiger partial charge on any atom is 0.234 e. The molecule has 0 spiro atoms. The summed E-state index contributed by atoms with van der Waals surface area (Å²) in [6.07, 6.45) is 0. The minimum atomic E-state index is 0.0751. The SMILES string of the molecule is CC(C)NCCNc1ccc2c(c1)NC(=O)CS2. The molecule has 98 valence electrons. The average molecular weight is 265 g/mol. The van der Waals surface area contributed by atoms with Gasteiger partial charge in [0.2, 0.25) is 5.91 Å². The summed E-state index contributed by atoms with van der Waals surface area (Å²) in [7, 11) is 0. The van der Waals surface area contributed by atoms with E-state index < -0.39 is 0 Å². The Balaban J connectivity index is 1.90. The highest BCUT2D eigenvalue weighted by molar-refractivity contribution is 8.00. The van der Waals surface area contributed by atoms with Crippen LogP contribution in [0.4, 0.5) is 11.4 Å². The Hall–Kier alpha value is -1.20. The third-order valence-electron chi connectivity index (χ3n) is 2.62. The quantitative estimate of drug-likeness (QED) is 0.714. The van der Waals surface area contributed by atoms with Crippen molar-refractivity contribution in [2.75, 3.05) is 29.5 Å². The molecule has 1 aliphatic heterocycles. The summed E-state index contributed by atoms with van der Waals surface area (Å²) in [6.45, 7) is 6.06. The lowest BCUT2D eigenvalue weighted by Crippen LogP contribution is -2.28. The third-order valence-corrected chi connectivity index (χ3v) is 3.69. The van der Waals surface area contributed by atoms with E-state index in [1.54, 1.807) is 11.8 Å². The first-order chi connectivity index (χ1) is 8.65. The van der Waals surface area contributed by atoms with Gasteiger partial charge in [0, 0.05) is 29.7 Å². The van der Waals surface area contributed by atoms with E-state index in [0.717, 1.165) is 29.4 Å². The van der Waals surface area contributed by atoms with E-state index in [1.807, 2.05) is 6.07 Å². The van der Waals surface area contributed by atoms with Crippen LogP contribution in [0, 0.1) is 0 Å². The van der Waals surface area contributed by atoms with E-state index in [9.17, 15) is 4.79 Å². The van der Waals surface area contributed by atoms with Gasteiger partial charge in [-0.25, -0.2) is 0 Å². The number of rotatable bonds is 5. The predicted molar refractivity (Wildman–Crippen MR) is 77.4 cm³/mol. The molecular weight excluding hydrogens is 246 g/mol. The molecule has 5 heteroatoms. The molecule has 0 aromatic heterocycles. The number of fused-ring (bicyclic) bond motifs is 1. The lowest BCUT2D eigenvalue weighted by atomic mass is 10.2. The second-order valence-corrected chi connectivity index (χ2v) is 5.60. The number of hydrogen-bond donors (Lipinski definition) is 3. The molecule has 0 saturated heterocycles. The molecule has 0 atom stereocenters. The van der Waals surface area contributed by atoms with Crippen LogP contribution in [-0.2, 0) is 4.79 Å². The third kappa shape index (κ3) is 3.65. The molecule has 1 aliphatic rings. The molecule has 0 bridgehead atoms. The smallest absolute Gasteiger partial charge is 0.234 e. The van der Waals surface area contributed by atoms with Crippen LogP contribution in [0.15, 0.2) is 23.1 Å². The zero-order valence-electron chi connectivity index (χ0n) is 10.7. The molecule has 1 amide bonds. The van der Waals surface area contributed by atoms with Gasteiger partial charge in [0.15, 0.2) is 0 Å². The van der Waals surface area contributed by atoms with E-state index in [-0.39, 0.29) is 5.91 Å². The highest BCUT2D eigenvalue weighted by atomic mass is 32.2. The number of amides is 1. The Bertz CT molecular complexity index is 434. The standard InChI is InChI=1S/C13H19N3OS/c1-9(2)14-5-6-15-10-3-4-12-11(7-10)16-13(17)8-18-12/h3-4,7,9,14-15H,5-6,8H2,1-2H3,(H,16,17). The van der Waals surface area contributed by atoms with Gasteiger partial charge >= 0.3 is 0 Å². The van der Waals surface area contributed by atoms with Crippen molar-refractivity contribution in [2.24, 2.45) is 0 Å². The lowest BCUT2D eigenvalue weighted by Gasteiger charge is -2.17. The first-order valence-electron chi connectivity index (χ1n) is 6.19. The van der Waals surface area contributed by atoms with Crippen molar-refractivity contribution in [1.82, 2.24) is 5.32 Å². The molecule has 1 heterocycles. The zero-order valence-corrected chi connectivity index (χ0v) is 11.6. The van der Waals surface area contributed by atoms with Crippen LogP contribution in [0.5, 0.6) is 0 Å². The van der Waals surface area contributed by atoms with Gasteiger partial charge in [-0.15, -0.1) is 11.8 Å². The molecular formula is C13H19N3OS. The molecule has 18 heavy (non-hydrogen) atoms. The fourth-order valence-corrected chi connectivity index (χ4v) is 2.55. The molecule has 0 unspecified atom stereocenters. The largest absolute Gasteiger partial charge is 0.384 e. The van der Waals surface area contributed by atoms with E-state index in [2.05, 4.69) is 41.9 Å². The topological polar surface area (TPSA) is 53.2 Å². The Morgan fingerprint density at radius 1 is 1.39 bits per heavy atom. The molecule has 0 saturated carbocycles. The van der Waals surface area contributed by atoms with Crippen LogP contribution in [0.1, 0.15) is 13.8 Å². The van der Waals surface area contributed by atoms with Crippen molar-refractivity contribution in [3.05, 3.63) is 18.2 Å². The van der Waals surface area contributed by atoms with Crippen molar-refractivity contribution >= 4 is 29.0 Å². The monoisotopic (exact) mass is 265 g/mol. The van der Waals surface area contributed by atoms with E-state index in [4.69, 9.17) is 0 Å². The maximum atomic E-state index is 11.3. The number of thioether (sulfide) groups is 1. The minimum Gasteiger partial charge on any atom is -0.384 e. The van der Waals surface area contributed by atoms with Crippen molar-refractivity contribution in [1.29, 1.82) is 0 Å². The van der Waals surface area contributed by atoms with Crippen LogP contribution in [0.2, 0.25) is 0 Å². The van der Waals surface area contributed by atoms with Crippen LogP contribution in [0.25, 0.3) is 0 Å². The van der Waals surface area contributed by atoms with E-state index in [0.29, 0.717) is 11.8 Å². The maximum absolute atomic E-state index is 11.3. The van der Waals surface area contributed by atoms with Crippen molar-refractivity contribution in [3.63, 3.8) is 0 Å². The summed E-state index contributed by atoms with van der Waals surface area (Å²) in [4.78, 5) is 12.4. The number of anilines is 2. The average Bonchev–Trinajstić information content (AvgIpc) is 2.34. The molecule has 0 aliphatic carbocycles. The fourth-order valence-electron chi connectivity index (χ4n) is 1.76. The highest BCUT2D eigenvalue weighted by Gasteiger charge is 2.15. The molecule has 3 N–H and O–H groups in total. The number of carbonyl (C=O) groups is 1. The zero-order chi connectivity index (χ0) is 13.0. The number of hydrogen-bond acceptors (Lipinski definition) is 4. The number of carbonyl (C=O) groups excluding carboxylic acids is 1. The van der Waals surface area contributed by atoms with E-state index in [1.165, 1.54) is 0 Å². The van der Waals surface area contributed by atoms with Crippen molar-refractivity contribution in [2.45, 2.75) is 24.8 Å². The summed E-state index contributed by atoms with van der Waals surface area (Å²) < 4.78 is 0. The summed E-state index contributed by atoms with van der Waals surface area (Å²) in [5.74, 6) is 0.587. The minimum absolute atomic E-state index is 0.0751. The molecule has 0 radical (unpaired) electrons. The van der Waals surface area contributed by atoms with Gasteiger partial charge in [0.05, 0.1) is 11.4 Å². The van der Waals surface area contributed by atoms with Gasteiger partial charge in [-0.1, -0.05) is 13.8 Å². The second kappa shape index (κ2) is 6.11. The van der Waals surface area contributed by atoms with Crippen LogP contribution in [0.3, 0.4) is 0 Å². The second-order valence-electron chi connectivity index (χ2n) is 4.58. The summed E-state index contributed by atoms with van der Waals surface area (Å²) >= 11 is 1.59. The Morgan fingerprint density at radius 2 is 2.22 bits per heavy atom. The van der Waals surface area contributed by atoms with Gasteiger partial charge in [-0.3, -0.25) is 4.79 Å². The van der Waals surface area contributed by atoms with Gasteiger partial charge in [-0.2, -0.15) is 0 Å². The number of nitrogens with one attached hydrogen (secondary N) is 3. The van der Waals surface area contributed by atoms with Crippen LogP contribution < -0.4 is 16.0 Å². The summed E-state index contributed by atoms with van der Waals surface area (Å²) in [5, 5.41) is 9.58. The first-order valence-corrected chi connectivity index (χ1v) is 7.17. The highest BCUT2D eigenvalue weighted by Crippen LogP contribution is 2.33.